The zero-order valence-electron chi connectivity index (χ0n) is 9.46. The number of carbonyl (C=O) groups excluding carboxylic acids is 1. The van der Waals surface area contributed by atoms with E-state index in [0.717, 1.165) is 21.8 Å². The van der Waals surface area contributed by atoms with Gasteiger partial charge in [-0.2, -0.15) is 0 Å². The lowest BCUT2D eigenvalue weighted by Gasteiger charge is -2.05. The van der Waals surface area contributed by atoms with Crippen molar-refractivity contribution >= 4 is 33.7 Å². The van der Waals surface area contributed by atoms with E-state index in [4.69, 9.17) is 0 Å². The maximum atomic E-state index is 10.4. The van der Waals surface area contributed by atoms with Crippen LogP contribution in [0.3, 0.4) is 0 Å². The number of aliphatic carboxylic acids is 1. The van der Waals surface area contributed by atoms with Crippen molar-refractivity contribution in [2.45, 2.75) is 5.16 Å². The number of hydrogen-bond acceptors (Lipinski definition) is 5. The molecule has 0 spiro atoms. The van der Waals surface area contributed by atoms with Crippen LogP contribution in [0.4, 0.5) is 0 Å². The Morgan fingerprint density at radius 3 is 2.83 bits per heavy atom. The molecule has 1 heterocycles. The highest BCUT2D eigenvalue weighted by Gasteiger charge is 2.13. The van der Waals surface area contributed by atoms with Gasteiger partial charge in [-0.05, 0) is 6.07 Å². The Morgan fingerprint density at radius 2 is 2.17 bits per heavy atom. The van der Waals surface area contributed by atoms with Crippen molar-refractivity contribution < 1.29 is 9.90 Å². The summed E-state index contributed by atoms with van der Waals surface area (Å²) in [5.74, 6) is -0.573. The van der Waals surface area contributed by atoms with Crippen LogP contribution < -0.4 is 5.11 Å². The number of carboxylic acids is 1. The third-order valence-corrected chi connectivity index (χ3v) is 3.95. The number of nitrogens with zero attached hydrogens (tertiary/aromatic N) is 3. The summed E-state index contributed by atoms with van der Waals surface area (Å²) in [6.07, 6.45) is 0. The summed E-state index contributed by atoms with van der Waals surface area (Å²) >= 11 is 4.54. The van der Waals surface area contributed by atoms with Gasteiger partial charge in [0.15, 0.2) is 11.0 Å². The van der Waals surface area contributed by atoms with Gasteiger partial charge in [0, 0.05) is 22.8 Å². The lowest BCUT2D eigenvalue weighted by atomic mass is 10.2. The van der Waals surface area contributed by atoms with Crippen LogP contribution in [0.5, 0.6) is 0 Å². The van der Waals surface area contributed by atoms with Gasteiger partial charge in [0.25, 0.3) is 0 Å². The molecule has 0 bridgehead atoms. The van der Waals surface area contributed by atoms with Crippen LogP contribution in [0.25, 0.3) is 11.4 Å². The van der Waals surface area contributed by atoms with Crippen molar-refractivity contribution in [2.24, 2.45) is 7.05 Å². The zero-order valence-corrected chi connectivity index (χ0v) is 11.9. The molecule has 0 aliphatic carbocycles. The molecule has 0 radical (unpaired) electrons. The fraction of sp³-hybridized carbons (Fsp3) is 0.182. The van der Waals surface area contributed by atoms with Crippen LogP contribution in [0.2, 0.25) is 0 Å². The standard InChI is InChI=1S/C11H10BrN3O2S/c1-15-10(7-4-2-3-5-8(7)12)13-14-11(15)18-6-9(16)17/h2-5H,6H2,1H3,(H,16,17)/p-1. The molecular formula is C11H9BrN3O2S-. The normalized spacial score (nSPS) is 10.6. The van der Waals surface area contributed by atoms with Gasteiger partial charge in [0.2, 0.25) is 0 Å². The van der Waals surface area contributed by atoms with Gasteiger partial charge in [-0.3, -0.25) is 0 Å². The summed E-state index contributed by atoms with van der Waals surface area (Å²) < 4.78 is 2.67. The third-order valence-electron chi connectivity index (χ3n) is 2.27. The van der Waals surface area contributed by atoms with Gasteiger partial charge >= 0.3 is 0 Å². The summed E-state index contributed by atoms with van der Waals surface area (Å²) in [4.78, 5) is 10.4. The largest absolute Gasteiger partial charge is 0.549 e. The van der Waals surface area contributed by atoms with Crippen LogP contribution in [0.15, 0.2) is 33.9 Å². The quantitative estimate of drug-likeness (QED) is 0.786. The van der Waals surface area contributed by atoms with Crippen molar-refractivity contribution in [1.29, 1.82) is 0 Å². The van der Waals surface area contributed by atoms with E-state index in [-0.39, 0.29) is 5.75 Å². The van der Waals surface area contributed by atoms with Crippen LogP contribution in [-0.4, -0.2) is 26.5 Å². The molecule has 1 aromatic heterocycles. The van der Waals surface area contributed by atoms with Crippen molar-refractivity contribution in [2.75, 3.05) is 5.75 Å². The first-order chi connectivity index (χ1) is 8.59. The number of hydrogen-bond donors (Lipinski definition) is 0. The second-order valence-electron chi connectivity index (χ2n) is 3.51. The average Bonchev–Trinajstić information content (AvgIpc) is 2.69. The molecule has 18 heavy (non-hydrogen) atoms. The maximum Gasteiger partial charge on any atom is 0.191 e. The molecule has 1 aromatic carbocycles. The molecule has 0 amide bonds. The number of carbonyl (C=O) groups is 1. The minimum Gasteiger partial charge on any atom is -0.549 e. The molecule has 5 nitrogen and oxygen atoms in total. The van der Waals surface area contributed by atoms with E-state index < -0.39 is 5.97 Å². The fourth-order valence-corrected chi connectivity index (χ4v) is 2.53. The molecule has 0 aliphatic heterocycles. The maximum absolute atomic E-state index is 10.4. The Balaban J connectivity index is 2.31. The summed E-state index contributed by atoms with van der Waals surface area (Å²) in [7, 11) is 1.80. The van der Waals surface area contributed by atoms with Gasteiger partial charge in [-0.1, -0.05) is 45.9 Å². The van der Waals surface area contributed by atoms with E-state index in [2.05, 4.69) is 26.1 Å². The first-order valence-electron chi connectivity index (χ1n) is 5.06. The van der Waals surface area contributed by atoms with Gasteiger partial charge < -0.3 is 14.5 Å². The van der Waals surface area contributed by atoms with E-state index >= 15 is 0 Å². The van der Waals surface area contributed by atoms with Crippen LogP contribution in [0.1, 0.15) is 0 Å². The van der Waals surface area contributed by atoms with Crippen molar-refractivity contribution in [3.05, 3.63) is 28.7 Å². The summed E-state index contributed by atoms with van der Waals surface area (Å²) in [5.41, 5.74) is 0.910. The molecule has 0 saturated heterocycles. The lowest BCUT2D eigenvalue weighted by molar-refractivity contribution is -0.301. The highest BCUT2D eigenvalue weighted by molar-refractivity contribution is 9.10. The summed E-state index contributed by atoms with van der Waals surface area (Å²) in [6.45, 7) is 0. The molecule has 2 rings (SSSR count). The number of thioether (sulfide) groups is 1. The third kappa shape index (κ3) is 2.73. The Bertz CT molecular complexity index is 585. The number of carboxylic acid groups (broad SMARTS) is 1. The van der Waals surface area contributed by atoms with Crippen LogP contribution in [-0.2, 0) is 11.8 Å². The molecular weight excluding hydrogens is 318 g/mol. The van der Waals surface area contributed by atoms with Crippen molar-refractivity contribution in [1.82, 2.24) is 14.8 Å². The minimum absolute atomic E-state index is 0.137. The van der Waals surface area contributed by atoms with Gasteiger partial charge in [0.1, 0.15) is 0 Å². The minimum atomic E-state index is -1.12. The van der Waals surface area contributed by atoms with Gasteiger partial charge in [-0.25, -0.2) is 0 Å². The van der Waals surface area contributed by atoms with E-state index in [1.807, 2.05) is 24.3 Å². The van der Waals surface area contributed by atoms with Crippen molar-refractivity contribution in [3.63, 3.8) is 0 Å². The monoisotopic (exact) mass is 326 g/mol. The van der Waals surface area contributed by atoms with Crippen LogP contribution >= 0.6 is 27.7 Å². The van der Waals surface area contributed by atoms with E-state index in [1.165, 1.54) is 0 Å². The van der Waals surface area contributed by atoms with Crippen LogP contribution in [0, 0.1) is 0 Å². The summed E-state index contributed by atoms with van der Waals surface area (Å²) in [5, 5.41) is 19.0. The predicted octanol–water partition coefficient (Wildman–Crippen LogP) is 1.09. The topological polar surface area (TPSA) is 70.8 Å². The fourth-order valence-electron chi connectivity index (χ4n) is 1.44. The lowest BCUT2D eigenvalue weighted by Crippen LogP contribution is -2.24. The molecule has 0 atom stereocenters. The van der Waals surface area contributed by atoms with E-state index in [9.17, 15) is 9.90 Å². The summed E-state index contributed by atoms with van der Waals surface area (Å²) in [6, 6.07) is 7.65. The smallest absolute Gasteiger partial charge is 0.191 e. The molecule has 2 aromatic rings. The van der Waals surface area contributed by atoms with Crippen molar-refractivity contribution in [3.8, 4) is 11.4 Å². The second-order valence-corrected chi connectivity index (χ2v) is 5.30. The molecule has 0 fully saturated rings. The molecule has 0 saturated carbocycles. The number of benzene rings is 1. The average molecular weight is 327 g/mol. The number of halogens is 1. The Labute approximate surface area is 116 Å². The first kappa shape index (κ1) is 13.1. The molecule has 94 valence electrons. The Hall–Kier alpha value is -1.34. The zero-order chi connectivity index (χ0) is 13.1. The van der Waals surface area contributed by atoms with E-state index in [0.29, 0.717) is 11.0 Å². The number of aromatic nitrogens is 3. The van der Waals surface area contributed by atoms with E-state index in [1.54, 1.807) is 11.6 Å². The molecule has 0 unspecified atom stereocenters. The highest BCUT2D eigenvalue weighted by Crippen LogP contribution is 2.28. The Kier molecular flexibility index (Phi) is 4.03. The predicted molar refractivity (Wildman–Crippen MR) is 69.9 cm³/mol. The SMILES string of the molecule is Cn1c(SCC(=O)[O-])nnc1-c1ccccc1Br. The second kappa shape index (κ2) is 5.53. The first-order valence-corrected chi connectivity index (χ1v) is 6.84. The Morgan fingerprint density at radius 1 is 1.44 bits per heavy atom. The molecule has 0 aliphatic rings. The molecule has 7 heteroatoms. The van der Waals surface area contributed by atoms with Gasteiger partial charge in [-0.15, -0.1) is 10.2 Å². The highest BCUT2D eigenvalue weighted by atomic mass is 79.9. The molecule has 0 N–H and O–H groups in total. The number of rotatable bonds is 4. The van der Waals surface area contributed by atoms with Gasteiger partial charge in [0.05, 0.1) is 5.97 Å².